The summed E-state index contributed by atoms with van der Waals surface area (Å²) >= 11 is 1.47. The molecule has 1 heterocycles. The number of hydrogen-bond acceptors (Lipinski definition) is 5. The van der Waals surface area contributed by atoms with Gasteiger partial charge in [-0.15, -0.1) is 11.3 Å². The lowest BCUT2D eigenvalue weighted by Gasteiger charge is -2.07. The summed E-state index contributed by atoms with van der Waals surface area (Å²) < 4.78 is 5.19. The first-order valence-electron chi connectivity index (χ1n) is 5.51. The SMILES string of the molecule is Cc1csc(COC(=O)c2cccc(C)c2N)n1. The summed E-state index contributed by atoms with van der Waals surface area (Å²) in [5.41, 5.74) is 8.52. The molecule has 2 aromatic rings. The number of benzene rings is 1. The molecule has 0 unspecified atom stereocenters. The number of carbonyl (C=O) groups is 1. The van der Waals surface area contributed by atoms with Gasteiger partial charge in [-0.3, -0.25) is 0 Å². The van der Waals surface area contributed by atoms with Crippen molar-refractivity contribution in [2.24, 2.45) is 0 Å². The Morgan fingerprint density at radius 2 is 2.22 bits per heavy atom. The number of nitrogen functional groups attached to an aromatic ring is 1. The van der Waals surface area contributed by atoms with Gasteiger partial charge in [-0.25, -0.2) is 9.78 Å². The molecule has 0 spiro atoms. The highest BCUT2D eigenvalue weighted by molar-refractivity contribution is 7.09. The number of aromatic nitrogens is 1. The van der Waals surface area contributed by atoms with Crippen LogP contribution in [-0.4, -0.2) is 11.0 Å². The Labute approximate surface area is 109 Å². The molecule has 0 aliphatic carbocycles. The van der Waals surface area contributed by atoms with Crippen molar-refractivity contribution in [2.75, 3.05) is 5.73 Å². The van der Waals surface area contributed by atoms with E-state index in [0.29, 0.717) is 11.3 Å². The van der Waals surface area contributed by atoms with Crippen LogP contribution in [-0.2, 0) is 11.3 Å². The van der Waals surface area contributed by atoms with Crippen molar-refractivity contribution in [1.29, 1.82) is 0 Å². The number of esters is 1. The first-order valence-corrected chi connectivity index (χ1v) is 6.39. The summed E-state index contributed by atoms with van der Waals surface area (Å²) in [5.74, 6) is -0.413. The number of para-hydroxylation sites is 1. The molecule has 0 radical (unpaired) electrons. The number of hydrogen-bond donors (Lipinski definition) is 1. The van der Waals surface area contributed by atoms with E-state index in [4.69, 9.17) is 10.5 Å². The van der Waals surface area contributed by atoms with E-state index >= 15 is 0 Å². The van der Waals surface area contributed by atoms with Gasteiger partial charge in [0.05, 0.1) is 5.56 Å². The quantitative estimate of drug-likeness (QED) is 0.682. The fraction of sp³-hybridized carbons (Fsp3) is 0.231. The van der Waals surface area contributed by atoms with Gasteiger partial charge in [0.1, 0.15) is 11.6 Å². The number of ether oxygens (including phenoxy) is 1. The molecule has 0 saturated carbocycles. The number of aryl methyl sites for hydroxylation is 2. The fourth-order valence-electron chi connectivity index (χ4n) is 1.53. The topological polar surface area (TPSA) is 65.2 Å². The van der Waals surface area contributed by atoms with Gasteiger partial charge in [0.25, 0.3) is 0 Å². The van der Waals surface area contributed by atoms with Crippen LogP contribution in [0.2, 0.25) is 0 Å². The maximum atomic E-state index is 11.9. The van der Waals surface area contributed by atoms with E-state index in [1.54, 1.807) is 12.1 Å². The van der Waals surface area contributed by atoms with Gasteiger partial charge in [0.2, 0.25) is 0 Å². The molecule has 0 amide bonds. The highest BCUT2D eigenvalue weighted by atomic mass is 32.1. The van der Waals surface area contributed by atoms with Crippen LogP contribution in [0.25, 0.3) is 0 Å². The maximum Gasteiger partial charge on any atom is 0.340 e. The first kappa shape index (κ1) is 12.6. The smallest absolute Gasteiger partial charge is 0.340 e. The molecule has 2 rings (SSSR count). The zero-order valence-electron chi connectivity index (χ0n) is 10.3. The molecule has 0 saturated heterocycles. The first-order chi connectivity index (χ1) is 8.58. The van der Waals surface area contributed by atoms with Gasteiger partial charge in [0.15, 0.2) is 0 Å². The van der Waals surface area contributed by atoms with Gasteiger partial charge in [-0.2, -0.15) is 0 Å². The van der Waals surface area contributed by atoms with Crippen molar-refractivity contribution in [2.45, 2.75) is 20.5 Å². The summed E-state index contributed by atoms with van der Waals surface area (Å²) in [6, 6.07) is 5.31. The molecular weight excluding hydrogens is 248 g/mol. The van der Waals surface area contributed by atoms with Gasteiger partial charge in [0, 0.05) is 16.8 Å². The number of carbonyl (C=O) groups excluding carboxylic acids is 1. The van der Waals surface area contributed by atoms with E-state index in [1.807, 2.05) is 25.3 Å². The van der Waals surface area contributed by atoms with Gasteiger partial charge in [-0.1, -0.05) is 12.1 Å². The van der Waals surface area contributed by atoms with Crippen molar-refractivity contribution < 1.29 is 9.53 Å². The molecule has 18 heavy (non-hydrogen) atoms. The molecule has 94 valence electrons. The predicted octanol–water partition coefficient (Wildman–Crippen LogP) is 2.70. The Bertz CT molecular complexity index is 578. The number of nitrogens with two attached hydrogens (primary N) is 1. The molecule has 2 N–H and O–H groups in total. The van der Waals surface area contributed by atoms with Crippen LogP contribution < -0.4 is 5.73 Å². The van der Waals surface area contributed by atoms with Crippen LogP contribution in [0.5, 0.6) is 0 Å². The van der Waals surface area contributed by atoms with E-state index < -0.39 is 5.97 Å². The Kier molecular flexibility index (Phi) is 3.62. The number of rotatable bonds is 3. The second-order valence-electron chi connectivity index (χ2n) is 3.99. The Hall–Kier alpha value is -1.88. The number of anilines is 1. The van der Waals surface area contributed by atoms with Crippen LogP contribution in [0, 0.1) is 13.8 Å². The summed E-state index contributed by atoms with van der Waals surface area (Å²) in [7, 11) is 0. The van der Waals surface area contributed by atoms with Gasteiger partial charge in [-0.05, 0) is 25.5 Å². The van der Waals surface area contributed by atoms with Gasteiger partial charge >= 0.3 is 5.97 Å². The average molecular weight is 262 g/mol. The maximum absolute atomic E-state index is 11.9. The average Bonchev–Trinajstić information content (AvgIpc) is 2.76. The fourth-order valence-corrected chi connectivity index (χ4v) is 2.22. The van der Waals surface area contributed by atoms with Crippen LogP contribution in [0.1, 0.15) is 26.6 Å². The molecule has 1 aromatic carbocycles. The van der Waals surface area contributed by atoms with Crippen molar-refractivity contribution in [3.05, 3.63) is 45.4 Å². The standard InChI is InChI=1S/C13H14N2O2S/c1-8-4-3-5-10(12(8)14)13(16)17-6-11-15-9(2)7-18-11/h3-5,7H,6,14H2,1-2H3. The highest BCUT2D eigenvalue weighted by Crippen LogP contribution is 2.18. The van der Waals surface area contributed by atoms with Gasteiger partial charge < -0.3 is 10.5 Å². The van der Waals surface area contributed by atoms with Crippen LogP contribution in [0.4, 0.5) is 5.69 Å². The molecule has 5 heteroatoms. The zero-order valence-corrected chi connectivity index (χ0v) is 11.1. The third-order valence-corrected chi connectivity index (χ3v) is 3.48. The minimum absolute atomic E-state index is 0.185. The summed E-state index contributed by atoms with van der Waals surface area (Å²) in [4.78, 5) is 16.1. The minimum Gasteiger partial charge on any atom is -0.455 e. The molecule has 0 aliphatic heterocycles. The normalized spacial score (nSPS) is 10.3. The molecule has 0 bridgehead atoms. The second-order valence-corrected chi connectivity index (χ2v) is 4.94. The molecule has 0 aliphatic rings. The molecule has 0 atom stereocenters. The monoisotopic (exact) mass is 262 g/mol. The zero-order chi connectivity index (χ0) is 13.1. The highest BCUT2D eigenvalue weighted by Gasteiger charge is 2.13. The van der Waals surface area contributed by atoms with Crippen molar-refractivity contribution in [3.8, 4) is 0 Å². The molecular formula is C13H14N2O2S. The summed E-state index contributed by atoms with van der Waals surface area (Å²) in [6.07, 6.45) is 0. The summed E-state index contributed by atoms with van der Waals surface area (Å²) in [5, 5.41) is 2.71. The third-order valence-electron chi connectivity index (χ3n) is 2.54. The third kappa shape index (κ3) is 2.68. The van der Waals surface area contributed by atoms with Crippen LogP contribution >= 0.6 is 11.3 Å². The Balaban J connectivity index is 2.06. The molecule has 1 aromatic heterocycles. The summed E-state index contributed by atoms with van der Waals surface area (Å²) in [6.45, 7) is 3.95. The van der Waals surface area contributed by atoms with Crippen LogP contribution in [0.3, 0.4) is 0 Å². The van der Waals surface area contributed by atoms with Crippen molar-refractivity contribution in [1.82, 2.24) is 4.98 Å². The lowest BCUT2D eigenvalue weighted by atomic mass is 10.1. The lowest BCUT2D eigenvalue weighted by molar-refractivity contribution is 0.0473. The number of nitrogens with zero attached hydrogens (tertiary/aromatic N) is 1. The van der Waals surface area contributed by atoms with Crippen molar-refractivity contribution >= 4 is 23.0 Å². The molecule has 0 fully saturated rings. The van der Waals surface area contributed by atoms with E-state index in [0.717, 1.165) is 16.3 Å². The van der Waals surface area contributed by atoms with E-state index in [9.17, 15) is 4.79 Å². The Morgan fingerprint density at radius 3 is 2.89 bits per heavy atom. The Morgan fingerprint density at radius 1 is 1.44 bits per heavy atom. The lowest BCUT2D eigenvalue weighted by Crippen LogP contribution is -2.09. The van der Waals surface area contributed by atoms with E-state index in [-0.39, 0.29) is 6.61 Å². The number of thiazole rings is 1. The van der Waals surface area contributed by atoms with E-state index in [2.05, 4.69) is 4.98 Å². The van der Waals surface area contributed by atoms with E-state index in [1.165, 1.54) is 11.3 Å². The second kappa shape index (κ2) is 5.18. The van der Waals surface area contributed by atoms with Crippen molar-refractivity contribution in [3.63, 3.8) is 0 Å². The predicted molar refractivity (Wildman–Crippen MR) is 71.6 cm³/mol. The molecule has 4 nitrogen and oxygen atoms in total. The minimum atomic E-state index is -0.413. The van der Waals surface area contributed by atoms with Crippen LogP contribution in [0.15, 0.2) is 23.6 Å². The largest absolute Gasteiger partial charge is 0.455 e.